The van der Waals surface area contributed by atoms with Crippen molar-refractivity contribution < 1.29 is 9.21 Å². The van der Waals surface area contributed by atoms with Gasteiger partial charge in [-0.1, -0.05) is 0 Å². The van der Waals surface area contributed by atoms with E-state index in [9.17, 15) is 4.79 Å². The van der Waals surface area contributed by atoms with Crippen LogP contribution in [0, 0.1) is 13.8 Å². The molecule has 6 heteroatoms. The maximum absolute atomic E-state index is 12.1. The minimum absolute atomic E-state index is 0.264. The highest BCUT2D eigenvalue weighted by atomic mass is 16.4. The third kappa shape index (κ3) is 3.06. The molecule has 3 rings (SSSR count). The average Bonchev–Trinajstić information content (AvgIpc) is 3.07. The van der Waals surface area contributed by atoms with Crippen molar-refractivity contribution in [2.24, 2.45) is 0 Å². The minimum atomic E-state index is -0.299. The number of anilines is 1. The smallest absolute Gasteiger partial charge is 0.291 e. The van der Waals surface area contributed by atoms with Crippen LogP contribution in [-0.2, 0) is 6.54 Å². The van der Waals surface area contributed by atoms with Gasteiger partial charge < -0.3 is 9.73 Å². The van der Waals surface area contributed by atoms with Crippen molar-refractivity contribution in [3.05, 3.63) is 65.6 Å². The Morgan fingerprint density at radius 2 is 2.18 bits per heavy atom. The summed E-state index contributed by atoms with van der Waals surface area (Å²) in [6.07, 6.45) is 3.23. The van der Waals surface area contributed by atoms with E-state index < -0.39 is 0 Å². The SMILES string of the molecule is Cc1cc(C)n(Cc2ccc(C(=O)Nc3cccnc3)o2)n1. The maximum atomic E-state index is 12.1. The van der Waals surface area contributed by atoms with E-state index in [1.807, 2.05) is 24.6 Å². The molecule has 1 amide bonds. The Morgan fingerprint density at radius 1 is 1.32 bits per heavy atom. The van der Waals surface area contributed by atoms with Crippen LogP contribution in [0.3, 0.4) is 0 Å². The third-order valence-corrected chi connectivity index (χ3v) is 3.21. The van der Waals surface area contributed by atoms with Crippen LogP contribution in [0.2, 0.25) is 0 Å². The normalized spacial score (nSPS) is 10.6. The van der Waals surface area contributed by atoms with E-state index in [1.54, 1.807) is 36.7 Å². The zero-order valence-corrected chi connectivity index (χ0v) is 12.4. The van der Waals surface area contributed by atoms with Crippen LogP contribution in [0.25, 0.3) is 0 Å². The molecule has 0 bridgehead atoms. The Labute approximate surface area is 127 Å². The molecule has 0 unspecified atom stereocenters. The number of carbonyl (C=O) groups excluding carboxylic acids is 1. The highest BCUT2D eigenvalue weighted by Gasteiger charge is 2.12. The van der Waals surface area contributed by atoms with E-state index in [4.69, 9.17) is 4.42 Å². The van der Waals surface area contributed by atoms with Gasteiger partial charge >= 0.3 is 0 Å². The highest BCUT2D eigenvalue weighted by molar-refractivity contribution is 6.02. The lowest BCUT2D eigenvalue weighted by Crippen LogP contribution is -2.11. The van der Waals surface area contributed by atoms with Crippen LogP contribution in [0.4, 0.5) is 5.69 Å². The number of nitrogens with one attached hydrogen (secondary N) is 1. The van der Waals surface area contributed by atoms with Gasteiger partial charge in [-0.05, 0) is 44.2 Å². The lowest BCUT2D eigenvalue weighted by atomic mass is 10.3. The number of furan rings is 1. The quantitative estimate of drug-likeness (QED) is 0.803. The van der Waals surface area contributed by atoms with Gasteiger partial charge in [0.1, 0.15) is 5.76 Å². The van der Waals surface area contributed by atoms with Crippen LogP contribution in [0.15, 0.2) is 47.1 Å². The van der Waals surface area contributed by atoms with Crippen LogP contribution < -0.4 is 5.32 Å². The molecule has 0 saturated heterocycles. The first-order valence-electron chi connectivity index (χ1n) is 6.93. The molecule has 0 saturated carbocycles. The average molecular weight is 296 g/mol. The summed E-state index contributed by atoms with van der Waals surface area (Å²) in [5.41, 5.74) is 2.64. The maximum Gasteiger partial charge on any atom is 0.291 e. The zero-order valence-electron chi connectivity index (χ0n) is 12.4. The van der Waals surface area contributed by atoms with Crippen molar-refractivity contribution in [3.63, 3.8) is 0 Å². The van der Waals surface area contributed by atoms with Crippen LogP contribution in [-0.4, -0.2) is 20.7 Å². The topological polar surface area (TPSA) is 73.0 Å². The number of amides is 1. The van der Waals surface area contributed by atoms with Crippen LogP contribution in [0.1, 0.15) is 27.7 Å². The van der Waals surface area contributed by atoms with Crippen molar-refractivity contribution in [2.45, 2.75) is 20.4 Å². The molecular weight excluding hydrogens is 280 g/mol. The molecule has 112 valence electrons. The summed E-state index contributed by atoms with van der Waals surface area (Å²) in [4.78, 5) is 16.0. The lowest BCUT2D eigenvalue weighted by Gasteiger charge is -2.03. The number of nitrogens with zero attached hydrogens (tertiary/aromatic N) is 3. The molecule has 0 radical (unpaired) electrons. The number of hydrogen-bond acceptors (Lipinski definition) is 4. The monoisotopic (exact) mass is 296 g/mol. The largest absolute Gasteiger partial charge is 0.454 e. The first-order valence-corrected chi connectivity index (χ1v) is 6.93. The predicted molar refractivity (Wildman–Crippen MR) is 81.7 cm³/mol. The first-order chi connectivity index (χ1) is 10.6. The summed E-state index contributed by atoms with van der Waals surface area (Å²) < 4.78 is 7.44. The number of aromatic nitrogens is 3. The molecule has 0 atom stereocenters. The Bertz CT molecular complexity index is 790. The van der Waals surface area contributed by atoms with Gasteiger partial charge in [-0.15, -0.1) is 0 Å². The molecule has 1 N–H and O–H groups in total. The van der Waals surface area contributed by atoms with E-state index in [2.05, 4.69) is 15.4 Å². The molecular formula is C16H16N4O2. The van der Waals surface area contributed by atoms with Crippen molar-refractivity contribution in [2.75, 3.05) is 5.32 Å². The summed E-state index contributed by atoms with van der Waals surface area (Å²) in [5.74, 6) is 0.649. The molecule has 6 nitrogen and oxygen atoms in total. The van der Waals surface area contributed by atoms with Crippen molar-refractivity contribution in [3.8, 4) is 0 Å². The second-order valence-corrected chi connectivity index (χ2v) is 5.05. The molecule has 0 aliphatic carbocycles. The summed E-state index contributed by atoms with van der Waals surface area (Å²) in [6, 6.07) is 8.97. The fraction of sp³-hybridized carbons (Fsp3) is 0.188. The van der Waals surface area contributed by atoms with E-state index in [-0.39, 0.29) is 11.7 Å². The third-order valence-electron chi connectivity index (χ3n) is 3.21. The van der Waals surface area contributed by atoms with E-state index in [0.29, 0.717) is 18.0 Å². The molecule has 3 heterocycles. The molecule has 3 aromatic heterocycles. The molecule has 3 aromatic rings. The van der Waals surface area contributed by atoms with Gasteiger partial charge in [-0.3, -0.25) is 14.5 Å². The Kier molecular flexibility index (Phi) is 3.74. The van der Waals surface area contributed by atoms with Crippen LogP contribution in [0.5, 0.6) is 0 Å². The van der Waals surface area contributed by atoms with Crippen molar-refractivity contribution in [1.82, 2.24) is 14.8 Å². The van der Waals surface area contributed by atoms with Crippen molar-refractivity contribution in [1.29, 1.82) is 0 Å². The fourth-order valence-electron chi connectivity index (χ4n) is 2.20. The van der Waals surface area contributed by atoms with Gasteiger partial charge in [-0.25, -0.2) is 0 Å². The molecule has 0 aliphatic rings. The second-order valence-electron chi connectivity index (χ2n) is 5.05. The molecule has 0 fully saturated rings. The lowest BCUT2D eigenvalue weighted by molar-refractivity contribution is 0.0994. The summed E-state index contributed by atoms with van der Waals surface area (Å²) in [6.45, 7) is 4.43. The van der Waals surface area contributed by atoms with Crippen LogP contribution >= 0.6 is 0 Å². The van der Waals surface area contributed by atoms with E-state index >= 15 is 0 Å². The van der Waals surface area contributed by atoms with Gasteiger partial charge in [0.05, 0.1) is 24.1 Å². The van der Waals surface area contributed by atoms with E-state index in [0.717, 1.165) is 11.4 Å². The number of carbonyl (C=O) groups is 1. The van der Waals surface area contributed by atoms with Gasteiger partial charge in [0, 0.05) is 11.9 Å². The number of pyridine rings is 1. The Balaban J connectivity index is 1.71. The fourth-order valence-corrected chi connectivity index (χ4v) is 2.20. The Hall–Kier alpha value is -2.89. The summed E-state index contributed by atoms with van der Waals surface area (Å²) in [5, 5.41) is 7.11. The summed E-state index contributed by atoms with van der Waals surface area (Å²) >= 11 is 0. The first kappa shape index (κ1) is 14.1. The molecule has 0 spiro atoms. The van der Waals surface area contributed by atoms with Gasteiger partial charge in [0.25, 0.3) is 5.91 Å². The molecule has 0 aromatic carbocycles. The van der Waals surface area contributed by atoms with Gasteiger partial charge in [-0.2, -0.15) is 5.10 Å². The summed E-state index contributed by atoms with van der Waals surface area (Å²) in [7, 11) is 0. The molecule has 0 aliphatic heterocycles. The number of hydrogen-bond donors (Lipinski definition) is 1. The number of rotatable bonds is 4. The second kappa shape index (κ2) is 5.85. The molecule has 22 heavy (non-hydrogen) atoms. The Morgan fingerprint density at radius 3 is 2.86 bits per heavy atom. The highest BCUT2D eigenvalue weighted by Crippen LogP contribution is 2.13. The van der Waals surface area contributed by atoms with Gasteiger partial charge in [0.15, 0.2) is 5.76 Å². The number of aryl methyl sites for hydroxylation is 2. The predicted octanol–water partition coefficient (Wildman–Crippen LogP) is 2.79. The van der Waals surface area contributed by atoms with E-state index in [1.165, 1.54) is 0 Å². The zero-order chi connectivity index (χ0) is 15.5. The standard InChI is InChI=1S/C16H16N4O2/c1-11-8-12(2)20(19-11)10-14-5-6-15(22-14)16(21)18-13-4-3-7-17-9-13/h3-9H,10H2,1-2H3,(H,18,21). The van der Waals surface area contributed by atoms with Gasteiger partial charge in [0.2, 0.25) is 0 Å². The minimum Gasteiger partial charge on any atom is -0.454 e. The van der Waals surface area contributed by atoms with Crippen molar-refractivity contribution >= 4 is 11.6 Å².